The number of sulfonamides is 1. The van der Waals surface area contributed by atoms with Gasteiger partial charge >= 0.3 is 0 Å². The van der Waals surface area contributed by atoms with Gasteiger partial charge in [0.25, 0.3) is 0 Å². The van der Waals surface area contributed by atoms with Gasteiger partial charge < -0.3 is 0 Å². The van der Waals surface area contributed by atoms with E-state index in [9.17, 15) is 8.42 Å². The Morgan fingerprint density at radius 1 is 1.12 bits per heavy atom. The normalized spacial score (nSPS) is 14.4. The Balaban J connectivity index is 2.89. The van der Waals surface area contributed by atoms with E-state index < -0.39 is 10.0 Å². The highest BCUT2D eigenvalue weighted by Gasteiger charge is 2.21. The van der Waals surface area contributed by atoms with Crippen LogP contribution in [0.25, 0.3) is 0 Å². The predicted molar refractivity (Wildman–Crippen MR) is 72.8 cm³/mol. The summed E-state index contributed by atoms with van der Waals surface area (Å²) < 4.78 is 24.6. The molecule has 1 unspecified atom stereocenters. The lowest BCUT2D eigenvalue weighted by molar-refractivity contribution is 0.339. The molecule has 17 heavy (non-hydrogen) atoms. The maximum Gasteiger partial charge on any atom is 0.229 e. The third-order valence-electron chi connectivity index (χ3n) is 3.01. The largest absolute Gasteiger partial charge is 0.284 e. The topological polar surface area (TPSA) is 46.2 Å². The Hall–Kier alpha value is -1.03. The van der Waals surface area contributed by atoms with Crippen LogP contribution in [0, 0.1) is 5.41 Å². The quantitative estimate of drug-likeness (QED) is 0.901. The molecule has 0 aliphatic carbocycles. The van der Waals surface area contributed by atoms with E-state index in [2.05, 4.69) is 32.4 Å². The fourth-order valence-electron chi connectivity index (χ4n) is 1.55. The molecule has 0 fully saturated rings. The molecule has 0 radical (unpaired) electrons. The SMILES string of the molecule is CC(c1ccc(NS(C)(=O)=O)cc1)C(C)(C)C. The Morgan fingerprint density at radius 2 is 1.59 bits per heavy atom. The van der Waals surface area contributed by atoms with Gasteiger partial charge in [0.2, 0.25) is 10.0 Å². The highest BCUT2D eigenvalue weighted by molar-refractivity contribution is 7.92. The van der Waals surface area contributed by atoms with Crippen molar-refractivity contribution in [2.45, 2.75) is 33.6 Å². The van der Waals surface area contributed by atoms with Crippen molar-refractivity contribution in [2.24, 2.45) is 5.41 Å². The summed E-state index contributed by atoms with van der Waals surface area (Å²) in [5.74, 6) is 0.426. The lowest BCUT2D eigenvalue weighted by atomic mass is 9.78. The summed E-state index contributed by atoms with van der Waals surface area (Å²) in [4.78, 5) is 0. The first-order chi connectivity index (χ1) is 7.59. The van der Waals surface area contributed by atoms with Crippen LogP contribution >= 0.6 is 0 Å². The molecule has 4 heteroatoms. The summed E-state index contributed by atoms with van der Waals surface area (Å²) in [6.07, 6.45) is 1.15. The number of rotatable bonds is 3. The van der Waals surface area contributed by atoms with E-state index in [4.69, 9.17) is 0 Å². The summed E-state index contributed by atoms with van der Waals surface area (Å²) in [6, 6.07) is 7.56. The van der Waals surface area contributed by atoms with Crippen molar-refractivity contribution >= 4 is 15.7 Å². The Kier molecular flexibility index (Phi) is 3.87. The molecule has 1 atom stereocenters. The highest BCUT2D eigenvalue weighted by atomic mass is 32.2. The van der Waals surface area contributed by atoms with Gasteiger partial charge in [-0.05, 0) is 29.0 Å². The number of anilines is 1. The van der Waals surface area contributed by atoms with E-state index >= 15 is 0 Å². The van der Waals surface area contributed by atoms with Gasteiger partial charge in [-0.3, -0.25) is 4.72 Å². The first kappa shape index (κ1) is 14.0. The summed E-state index contributed by atoms with van der Waals surface area (Å²) in [5, 5.41) is 0. The molecule has 1 N–H and O–H groups in total. The zero-order valence-electron chi connectivity index (χ0n) is 11.1. The fraction of sp³-hybridized carbons (Fsp3) is 0.538. The maximum atomic E-state index is 11.1. The van der Waals surface area contributed by atoms with Crippen LogP contribution in [0.15, 0.2) is 24.3 Å². The van der Waals surface area contributed by atoms with Gasteiger partial charge in [0.05, 0.1) is 6.26 Å². The van der Waals surface area contributed by atoms with Crippen molar-refractivity contribution in [1.29, 1.82) is 0 Å². The average molecular weight is 255 g/mol. The minimum atomic E-state index is -3.19. The molecule has 0 aliphatic rings. The van der Waals surface area contributed by atoms with Crippen molar-refractivity contribution in [3.8, 4) is 0 Å². The summed E-state index contributed by atoms with van der Waals surface area (Å²) in [7, 11) is -3.19. The molecule has 0 spiro atoms. The number of hydrogen-bond acceptors (Lipinski definition) is 2. The van der Waals surface area contributed by atoms with E-state index in [-0.39, 0.29) is 5.41 Å². The molecule has 96 valence electrons. The number of hydrogen-bond donors (Lipinski definition) is 1. The molecule has 3 nitrogen and oxygen atoms in total. The molecule has 0 saturated carbocycles. The molecule has 1 aromatic carbocycles. The van der Waals surface area contributed by atoms with Crippen molar-refractivity contribution in [3.63, 3.8) is 0 Å². The lowest BCUT2D eigenvalue weighted by Gasteiger charge is -2.27. The second kappa shape index (κ2) is 4.69. The van der Waals surface area contributed by atoms with Gasteiger partial charge in [0.1, 0.15) is 0 Å². The predicted octanol–water partition coefficient (Wildman–Crippen LogP) is 3.21. The summed E-state index contributed by atoms with van der Waals surface area (Å²) in [6.45, 7) is 8.76. The van der Waals surface area contributed by atoms with Crippen LogP contribution in [0.5, 0.6) is 0 Å². The van der Waals surface area contributed by atoms with Crippen molar-refractivity contribution < 1.29 is 8.42 Å². The first-order valence-corrected chi connectivity index (χ1v) is 7.56. The maximum absolute atomic E-state index is 11.1. The van der Waals surface area contributed by atoms with E-state index in [0.29, 0.717) is 11.6 Å². The van der Waals surface area contributed by atoms with Gasteiger partial charge in [-0.2, -0.15) is 0 Å². The van der Waals surface area contributed by atoms with Gasteiger partial charge in [-0.25, -0.2) is 8.42 Å². The minimum Gasteiger partial charge on any atom is -0.284 e. The molecule has 0 bridgehead atoms. The van der Waals surface area contributed by atoms with Crippen LogP contribution in [-0.4, -0.2) is 14.7 Å². The van der Waals surface area contributed by atoms with E-state index in [1.807, 2.05) is 12.1 Å². The summed E-state index contributed by atoms with van der Waals surface area (Å²) >= 11 is 0. The van der Waals surface area contributed by atoms with Gasteiger partial charge in [0, 0.05) is 5.69 Å². The Morgan fingerprint density at radius 3 is 1.94 bits per heavy atom. The standard InChI is InChI=1S/C13H21NO2S/c1-10(13(2,3)4)11-6-8-12(9-7-11)14-17(5,15)16/h6-10,14H,1-5H3. The monoisotopic (exact) mass is 255 g/mol. The van der Waals surface area contributed by atoms with Crippen molar-refractivity contribution in [1.82, 2.24) is 0 Å². The van der Waals surface area contributed by atoms with Crippen LogP contribution < -0.4 is 4.72 Å². The molecular weight excluding hydrogens is 234 g/mol. The smallest absolute Gasteiger partial charge is 0.229 e. The van der Waals surface area contributed by atoms with Crippen molar-refractivity contribution in [2.75, 3.05) is 11.0 Å². The van der Waals surface area contributed by atoms with E-state index in [1.54, 1.807) is 12.1 Å². The van der Waals surface area contributed by atoms with Crippen LogP contribution in [0.3, 0.4) is 0 Å². The minimum absolute atomic E-state index is 0.200. The van der Waals surface area contributed by atoms with Crippen LogP contribution in [0.2, 0.25) is 0 Å². The molecular formula is C13H21NO2S. The second-order valence-corrected chi connectivity index (χ2v) is 7.33. The van der Waals surface area contributed by atoms with Crippen molar-refractivity contribution in [3.05, 3.63) is 29.8 Å². The molecule has 0 amide bonds. The van der Waals surface area contributed by atoms with Crippen LogP contribution in [0.1, 0.15) is 39.2 Å². The second-order valence-electron chi connectivity index (χ2n) is 5.58. The lowest BCUT2D eigenvalue weighted by Crippen LogP contribution is -2.15. The molecule has 0 aliphatic heterocycles. The third-order valence-corrected chi connectivity index (χ3v) is 3.62. The van der Waals surface area contributed by atoms with E-state index in [1.165, 1.54) is 5.56 Å². The van der Waals surface area contributed by atoms with Gasteiger partial charge in [0.15, 0.2) is 0 Å². The van der Waals surface area contributed by atoms with E-state index in [0.717, 1.165) is 6.26 Å². The molecule has 1 rings (SSSR count). The zero-order valence-corrected chi connectivity index (χ0v) is 11.9. The van der Waals surface area contributed by atoms with Gasteiger partial charge in [-0.15, -0.1) is 0 Å². The molecule has 1 aromatic rings. The Labute approximate surface area is 104 Å². The van der Waals surface area contributed by atoms with Crippen LogP contribution in [-0.2, 0) is 10.0 Å². The first-order valence-electron chi connectivity index (χ1n) is 5.67. The fourth-order valence-corrected chi connectivity index (χ4v) is 2.12. The zero-order chi connectivity index (χ0) is 13.3. The third kappa shape index (κ3) is 4.38. The van der Waals surface area contributed by atoms with Crippen LogP contribution in [0.4, 0.5) is 5.69 Å². The number of benzene rings is 1. The van der Waals surface area contributed by atoms with Gasteiger partial charge in [-0.1, -0.05) is 39.8 Å². The molecule has 0 saturated heterocycles. The molecule has 0 heterocycles. The Bertz CT molecular complexity index is 469. The molecule has 0 aromatic heterocycles. The summed E-state index contributed by atoms with van der Waals surface area (Å²) in [5.41, 5.74) is 2.03. The highest BCUT2D eigenvalue weighted by Crippen LogP contribution is 2.34. The number of nitrogens with one attached hydrogen (secondary N) is 1. The average Bonchev–Trinajstić information content (AvgIpc) is 2.14.